The summed E-state index contributed by atoms with van der Waals surface area (Å²) in [4.78, 5) is 17.3. The molecular weight excluding hydrogens is 351 g/mol. The van der Waals surface area contributed by atoms with Gasteiger partial charge in [-0.05, 0) is 46.9 Å². The summed E-state index contributed by atoms with van der Waals surface area (Å²) in [5, 5.41) is 2.75. The predicted molar refractivity (Wildman–Crippen MR) is 74.9 cm³/mol. The lowest BCUT2D eigenvalue weighted by Gasteiger charge is -2.18. The normalized spacial score (nSPS) is 19.7. The van der Waals surface area contributed by atoms with E-state index in [0.29, 0.717) is 36.2 Å². The molecule has 4 nitrogen and oxygen atoms in total. The molecule has 21 heavy (non-hydrogen) atoms. The topological polar surface area (TPSA) is 45.2 Å². The summed E-state index contributed by atoms with van der Waals surface area (Å²) in [6.07, 6.45) is -1.95. The Morgan fingerprint density at radius 2 is 2.29 bits per heavy atom. The first-order chi connectivity index (χ1) is 9.85. The molecular formula is C13H15BrF3N3O. The quantitative estimate of drug-likeness (QED) is 0.833. The molecule has 8 heteroatoms. The highest BCUT2D eigenvalue weighted by atomic mass is 79.9. The minimum atomic E-state index is -4.17. The lowest BCUT2D eigenvalue weighted by molar-refractivity contribution is -0.143. The Bertz CT molecular complexity index is 510. The first-order valence-electron chi connectivity index (χ1n) is 6.53. The first kappa shape index (κ1) is 16.2. The fraction of sp³-hybridized carbons (Fsp3) is 0.538. The average molecular weight is 366 g/mol. The fourth-order valence-corrected chi connectivity index (χ4v) is 2.79. The number of carbonyl (C=O) groups excluding carboxylic acids is 1. The van der Waals surface area contributed by atoms with Crippen molar-refractivity contribution in [1.29, 1.82) is 0 Å². The number of hydrogen-bond donors (Lipinski definition) is 1. The van der Waals surface area contributed by atoms with Crippen LogP contribution in [0.1, 0.15) is 16.8 Å². The van der Waals surface area contributed by atoms with Gasteiger partial charge in [0.15, 0.2) is 0 Å². The Labute approximate surface area is 128 Å². The summed E-state index contributed by atoms with van der Waals surface area (Å²) in [7, 11) is 0. The van der Waals surface area contributed by atoms with Crippen molar-refractivity contribution < 1.29 is 18.0 Å². The van der Waals surface area contributed by atoms with Gasteiger partial charge < -0.3 is 5.32 Å². The molecule has 0 radical (unpaired) electrons. The zero-order valence-corrected chi connectivity index (χ0v) is 12.7. The lowest BCUT2D eigenvalue weighted by atomic mass is 10.1. The van der Waals surface area contributed by atoms with Crippen molar-refractivity contribution in [3.8, 4) is 0 Å². The van der Waals surface area contributed by atoms with E-state index in [9.17, 15) is 18.0 Å². The molecule has 1 aliphatic heterocycles. The predicted octanol–water partition coefficient (Wildman–Crippen LogP) is 2.46. The number of halogens is 4. The summed E-state index contributed by atoms with van der Waals surface area (Å²) in [6.45, 7) is 0.255. The standard InChI is InChI=1S/C13H15BrF3N3O/c14-11-10(2-1-4-18-11)12(21)19-6-9-3-5-20(7-9)8-13(15,16)17/h1-2,4,9H,3,5-8H2,(H,19,21). The summed E-state index contributed by atoms with van der Waals surface area (Å²) < 4.78 is 37.3. The van der Waals surface area contributed by atoms with Gasteiger partial charge >= 0.3 is 6.18 Å². The van der Waals surface area contributed by atoms with Crippen LogP contribution in [0.3, 0.4) is 0 Å². The smallest absolute Gasteiger partial charge is 0.352 e. The molecule has 2 heterocycles. The van der Waals surface area contributed by atoms with Crippen molar-refractivity contribution in [2.24, 2.45) is 5.92 Å². The number of nitrogens with one attached hydrogen (secondary N) is 1. The van der Waals surface area contributed by atoms with E-state index in [2.05, 4.69) is 26.2 Å². The van der Waals surface area contributed by atoms with Crippen molar-refractivity contribution in [1.82, 2.24) is 15.2 Å². The largest absolute Gasteiger partial charge is 0.401 e. The summed E-state index contributed by atoms with van der Waals surface area (Å²) in [5.74, 6) is -0.226. The summed E-state index contributed by atoms with van der Waals surface area (Å²) in [6, 6.07) is 3.29. The van der Waals surface area contributed by atoms with Crippen molar-refractivity contribution in [3.05, 3.63) is 28.5 Å². The van der Waals surface area contributed by atoms with Crippen molar-refractivity contribution in [2.75, 3.05) is 26.2 Å². The molecule has 1 amide bonds. The van der Waals surface area contributed by atoms with Crippen LogP contribution in [0.4, 0.5) is 13.2 Å². The molecule has 1 fully saturated rings. The maximum atomic E-state index is 12.3. The number of pyridine rings is 1. The van der Waals surface area contributed by atoms with Gasteiger partial charge in [-0.15, -0.1) is 0 Å². The third-order valence-electron chi connectivity index (χ3n) is 3.33. The molecule has 1 aliphatic rings. The Balaban J connectivity index is 1.80. The van der Waals surface area contributed by atoms with E-state index in [1.807, 2.05) is 0 Å². The fourth-order valence-electron chi connectivity index (χ4n) is 2.36. The number of amides is 1. The second-order valence-electron chi connectivity index (χ2n) is 5.06. The summed E-state index contributed by atoms with van der Waals surface area (Å²) in [5.41, 5.74) is 0.419. The van der Waals surface area contributed by atoms with E-state index in [4.69, 9.17) is 0 Å². The summed E-state index contributed by atoms with van der Waals surface area (Å²) >= 11 is 3.19. The zero-order valence-electron chi connectivity index (χ0n) is 11.2. The Morgan fingerprint density at radius 1 is 1.52 bits per heavy atom. The number of aromatic nitrogens is 1. The second kappa shape index (κ2) is 6.74. The van der Waals surface area contributed by atoms with Gasteiger partial charge in [-0.2, -0.15) is 13.2 Å². The van der Waals surface area contributed by atoms with E-state index in [1.54, 1.807) is 18.3 Å². The van der Waals surface area contributed by atoms with Crippen LogP contribution in [-0.4, -0.2) is 48.1 Å². The molecule has 1 saturated heterocycles. The van der Waals surface area contributed by atoms with Crippen molar-refractivity contribution in [3.63, 3.8) is 0 Å². The third-order valence-corrected chi connectivity index (χ3v) is 3.96. The van der Waals surface area contributed by atoms with Gasteiger partial charge in [-0.1, -0.05) is 0 Å². The maximum absolute atomic E-state index is 12.3. The van der Waals surface area contributed by atoms with Crippen LogP contribution in [0, 0.1) is 5.92 Å². The highest BCUT2D eigenvalue weighted by Gasteiger charge is 2.34. The lowest BCUT2D eigenvalue weighted by Crippen LogP contribution is -2.34. The second-order valence-corrected chi connectivity index (χ2v) is 5.81. The molecule has 116 valence electrons. The Hall–Kier alpha value is -1.15. The van der Waals surface area contributed by atoms with E-state index in [0.717, 1.165) is 0 Å². The number of alkyl halides is 3. The zero-order chi connectivity index (χ0) is 15.5. The Morgan fingerprint density at radius 3 is 2.95 bits per heavy atom. The van der Waals surface area contributed by atoms with Gasteiger partial charge in [0.2, 0.25) is 0 Å². The first-order valence-corrected chi connectivity index (χ1v) is 7.32. The van der Waals surface area contributed by atoms with Gasteiger partial charge in [0, 0.05) is 19.3 Å². The molecule has 0 saturated carbocycles. The Kier molecular flexibility index (Phi) is 5.21. The molecule has 1 aromatic rings. The minimum Gasteiger partial charge on any atom is -0.352 e. The van der Waals surface area contributed by atoms with E-state index in [-0.39, 0.29) is 11.8 Å². The number of rotatable bonds is 4. The van der Waals surface area contributed by atoms with Gasteiger partial charge in [-0.25, -0.2) is 4.98 Å². The van der Waals surface area contributed by atoms with Gasteiger partial charge in [0.25, 0.3) is 5.91 Å². The molecule has 1 aromatic heterocycles. The van der Waals surface area contributed by atoms with Gasteiger partial charge in [0.1, 0.15) is 4.60 Å². The minimum absolute atomic E-state index is 0.0479. The number of hydrogen-bond acceptors (Lipinski definition) is 3. The highest BCUT2D eigenvalue weighted by molar-refractivity contribution is 9.10. The van der Waals surface area contributed by atoms with Crippen LogP contribution in [-0.2, 0) is 0 Å². The van der Waals surface area contributed by atoms with Crippen LogP contribution >= 0.6 is 15.9 Å². The van der Waals surface area contributed by atoms with Crippen LogP contribution < -0.4 is 5.32 Å². The van der Waals surface area contributed by atoms with Crippen LogP contribution in [0.2, 0.25) is 0 Å². The molecule has 0 bridgehead atoms. The van der Waals surface area contributed by atoms with E-state index in [1.165, 1.54) is 4.90 Å². The van der Waals surface area contributed by atoms with E-state index >= 15 is 0 Å². The van der Waals surface area contributed by atoms with Gasteiger partial charge in [-0.3, -0.25) is 9.69 Å². The number of likely N-dealkylation sites (tertiary alicyclic amines) is 1. The SMILES string of the molecule is O=C(NCC1CCN(CC(F)(F)F)C1)c1cccnc1Br. The molecule has 2 rings (SSSR count). The molecule has 1 atom stereocenters. The molecule has 0 aromatic carbocycles. The highest BCUT2D eigenvalue weighted by Crippen LogP contribution is 2.22. The molecule has 0 aliphatic carbocycles. The monoisotopic (exact) mass is 365 g/mol. The number of nitrogens with zero attached hydrogens (tertiary/aromatic N) is 2. The maximum Gasteiger partial charge on any atom is 0.401 e. The average Bonchev–Trinajstić information content (AvgIpc) is 2.82. The van der Waals surface area contributed by atoms with Crippen molar-refractivity contribution in [2.45, 2.75) is 12.6 Å². The molecule has 1 unspecified atom stereocenters. The van der Waals surface area contributed by atoms with Crippen LogP contribution in [0.15, 0.2) is 22.9 Å². The molecule has 1 N–H and O–H groups in total. The van der Waals surface area contributed by atoms with Crippen LogP contribution in [0.5, 0.6) is 0 Å². The van der Waals surface area contributed by atoms with Crippen LogP contribution in [0.25, 0.3) is 0 Å². The van der Waals surface area contributed by atoms with Crippen molar-refractivity contribution >= 4 is 21.8 Å². The number of carbonyl (C=O) groups is 1. The van der Waals surface area contributed by atoms with Gasteiger partial charge in [0.05, 0.1) is 12.1 Å². The van der Waals surface area contributed by atoms with E-state index < -0.39 is 12.7 Å². The molecule has 0 spiro atoms. The third kappa shape index (κ3) is 4.96.